The van der Waals surface area contributed by atoms with Crippen LogP contribution >= 0.6 is 11.8 Å². The minimum absolute atomic E-state index is 0.377. The molecule has 0 amide bonds. The van der Waals surface area contributed by atoms with E-state index < -0.39 is 0 Å². The van der Waals surface area contributed by atoms with Crippen molar-refractivity contribution in [3.05, 3.63) is 59.7 Å². The van der Waals surface area contributed by atoms with Crippen molar-refractivity contribution < 1.29 is 4.42 Å². The van der Waals surface area contributed by atoms with Gasteiger partial charge in [0.25, 0.3) is 5.22 Å². The Balaban J connectivity index is 1.72. The van der Waals surface area contributed by atoms with E-state index >= 15 is 0 Å². The van der Waals surface area contributed by atoms with Gasteiger partial charge in [-0.15, -0.1) is 0 Å². The van der Waals surface area contributed by atoms with Gasteiger partial charge in [-0.25, -0.2) is 4.98 Å². The Kier molecular flexibility index (Phi) is 4.25. The topological polar surface area (TPSA) is 52.0 Å². The van der Waals surface area contributed by atoms with E-state index in [4.69, 9.17) is 10.2 Å². The van der Waals surface area contributed by atoms with Gasteiger partial charge in [0.15, 0.2) is 5.58 Å². The van der Waals surface area contributed by atoms with E-state index in [1.807, 2.05) is 36.4 Å². The third-order valence-corrected chi connectivity index (χ3v) is 3.80. The Hall–Kier alpha value is -2.22. The van der Waals surface area contributed by atoms with Crippen molar-refractivity contribution in [3.63, 3.8) is 0 Å². The number of oxazole rings is 1. The molecule has 2 N–H and O–H groups in total. The van der Waals surface area contributed by atoms with Crippen LogP contribution in [0.1, 0.15) is 11.1 Å². The molecule has 4 heteroatoms. The molecule has 0 saturated carbocycles. The third kappa shape index (κ3) is 3.46. The standard InChI is InChI=1S/C17H14N2OS/c18-10-4-7-13-5-3-6-14(11-13)12-21-17-19-15-8-1-2-9-16(15)20-17/h1-3,5-6,8-9,11H,10,12,18H2. The predicted molar refractivity (Wildman–Crippen MR) is 85.9 cm³/mol. The Labute approximate surface area is 127 Å². The van der Waals surface area contributed by atoms with Gasteiger partial charge in [-0.05, 0) is 29.8 Å². The number of rotatable bonds is 3. The lowest BCUT2D eigenvalue weighted by Gasteiger charge is -1.99. The van der Waals surface area contributed by atoms with Crippen LogP contribution in [0.2, 0.25) is 0 Å². The second-order valence-corrected chi connectivity index (χ2v) is 5.37. The van der Waals surface area contributed by atoms with Gasteiger partial charge in [0.2, 0.25) is 0 Å². The SMILES string of the molecule is NCC#Cc1cccc(CSc2nc3ccccc3o2)c1. The number of aromatic nitrogens is 1. The number of hydrogen-bond donors (Lipinski definition) is 1. The van der Waals surface area contributed by atoms with Crippen LogP contribution in [0.15, 0.2) is 58.2 Å². The van der Waals surface area contributed by atoms with Crippen LogP contribution in [0, 0.1) is 11.8 Å². The summed E-state index contributed by atoms with van der Waals surface area (Å²) in [5.74, 6) is 6.70. The Morgan fingerprint density at radius 1 is 1.14 bits per heavy atom. The second kappa shape index (κ2) is 6.49. The Morgan fingerprint density at radius 2 is 2.05 bits per heavy atom. The van der Waals surface area contributed by atoms with Crippen LogP contribution < -0.4 is 5.73 Å². The maximum absolute atomic E-state index is 5.69. The van der Waals surface area contributed by atoms with E-state index in [1.165, 1.54) is 5.56 Å². The summed E-state index contributed by atoms with van der Waals surface area (Å²) in [5.41, 5.74) is 9.27. The molecule has 0 unspecified atom stereocenters. The number of benzene rings is 2. The fourth-order valence-electron chi connectivity index (χ4n) is 1.95. The molecule has 0 bridgehead atoms. The van der Waals surface area contributed by atoms with Gasteiger partial charge < -0.3 is 10.2 Å². The third-order valence-electron chi connectivity index (χ3n) is 2.90. The van der Waals surface area contributed by atoms with E-state index in [9.17, 15) is 0 Å². The van der Waals surface area contributed by atoms with Gasteiger partial charge in [-0.1, -0.05) is 47.9 Å². The summed E-state index contributed by atoms with van der Waals surface area (Å²) < 4.78 is 5.69. The fraction of sp³-hybridized carbons (Fsp3) is 0.118. The molecule has 104 valence electrons. The molecular weight excluding hydrogens is 280 g/mol. The highest BCUT2D eigenvalue weighted by Gasteiger charge is 2.05. The van der Waals surface area contributed by atoms with Crippen molar-refractivity contribution in [3.8, 4) is 11.8 Å². The minimum atomic E-state index is 0.377. The van der Waals surface area contributed by atoms with Crippen LogP contribution in [0.3, 0.4) is 0 Å². The number of nitrogens with zero attached hydrogens (tertiary/aromatic N) is 1. The van der Waals surface area contributed by atoms with E-state index in [0.29, 0.717) is 11.8 Å². The molecule has 0 aliphatic heterocycles. The smallest absolute Gasteiger partial charge is 0.257 e. The molecule has 0 atom stereocenters. The van der Waals surface area contributed by atoms with Crippen LogP contribution in [-0.2, 0) is 5.75 Å². The van der Waals surface area contributed by atoms with Crippen molar-refractivity contribution in [2.45, 2.75) is 11.0 Å². The van der Waals surface area contributed by atoms with Gasteiger partial charge in [-0.3, -0.25) is 0 Å². The van der Waals surface area contributed by atoms with Crippen LogP contribution in [0.5, 0.6) is 0 Å². The molecule has 0 spiro atoms. The zero-order valence-corrected chi connectivity index (χ0v) is 12.2. The molecule has 0 fully saturated rings. The first kappa shape index (κ1) is 13.7. The van der Waals surface area contributed by atoms with Crippen molar-refractivity contribution in [2.75, 3.05) is 6.54 Å². The summed E-state index contributed by atoms with van der Waals surface area (Å²) in [6, 6.07) is 15.9. The van der Waals surface area contributed by atoms with Crippen LogP contribution in [-0.4, -0.2) is 11.5 Å². The zero-order valence-electron chi connectivity index (χ0n) is 11.4. The quantitative estimate of drug-likeness (QED) is 0.594. The Morgan fingerprint density at radius 3 is 2.90 bits per heavy atom. The lowest BCUT2D eigenvalue weighted by atomic mass is 10.1. The first-order valence-electron chi connectivity index (χ1n) is 6.61. The summed E-state index contributed by atoms with van der Waals surface area (Å²) in [4.78, 5) is 4.45. The second-order valence-electron chi connectivity index (χ2n) is 4.44. The molecular formula is C17H14N2OS. The maximum Gasteiger partial charge on any atom is 0.257 e. The maximum atomic E-state index is 5.69. The normalized spacial score (nSPS) is 10.3. The van der Waals surface area contributed by atoms with Gasteiger partial charge in [0, 0.05) is 11.3 Å². The van der Waals surface area contributed by atoms with E-state index in [0.717, 1.165) is 22.4 Å². The van der Waals surface area contributed by atoms with Crippen LogP contribution in [0.4, 0.5) is 0 Å². The molecule has 1 heterocycles. The number of hydrogen-bond acceptors (Lipinski definition) is 4. The highest BCUT2D eigenvalue weighted by molar-refractivity contribution is 7.98. The van der Waals surface area contributed by atoms with E-state index in [2.05, 4.69) is 29.0 Å². The number of fused-ring (bicyclic) bond motifs is 1. The molecule has 3 aromatic rings. The number of nitrogens with two attached hydrogens (primary N) is 1. The molecule has 0 radical (unpaired) electrons. The molecule has 3 rings (SSSR count). The molecule has 0 aliphatic carbocycles. The molecule has 0 saturated heterocycles. The lowest BCUT2D eigenvalue weighted by Crippen LogP contribution is -1.93. The van der Waals surface area contributed by atoms with Gasteiger partial charge >= 0.3 is 0 Å². The van der Waals surface area contributed by atoms with Crippen LogP contribution in [0.25, 0.3) is 11.1 Å². The lowest BCUT2D eigenvalue weighted by molar-refractivity contribution is 0.489. The van der Waals surface area contributed by atoms with E-state index in [1.54, 1.807) is 11.8 Å². The average Bonchev–Trinajstić information content (AvgIpc) is 2.94. The highest BCUT2D eigenvalue weighted by Crippen LogP contribution is 2.26. The monoisotopic (exact) mass is 294 g/mol. The molecule has 3 nitrogen and oxygen atoms in total. The first-order valence-corrected chi connectivity index (χ1v) is 7.60. The predicted octanol–water partition coefficient (Wildman–Crippen LogP) is 3.43. The molecule has 2 aromatic carbocycles. The molecule has 1 aromatic heterocycles. The summed E-state index contributed by atoms with van der Waals surface area (Å²) in [6.07, 6.45) is 0. The van der Waals surface area contributed by atoms with Gasteiger partial charge in [0.05, 0.1) is 6.54 Å². The molecule has 21 heavy (non-hydrogen) atoms. The highest BCUT2D eigenvalue weighted by atomic mass is 32.2. The van der Waals surface area contributed by atoms with Crippen molar-refractivity contribution in [1.29, 1.82) is 0 Å². The number of para-hydroxylation sites is 2. The summed E-state index contributed by atoms with van der Waals surface area (Å²) in [6.45, 7) is 0.377. The summed E-state index contributed by atoms with van der Waals surface area (Å²) in [7, 11) is 0. The first-order chi connectivity index (χ1) is 10.3. The zero-order chi connectivity index (χ0) is 14.5. The summed E-state index contributed by atoms with van der Waals surface area (Å²) >= 11 is 1.58. The average molecular weight is 294 g/mol. The van der Waals surface area contributed by atoms with Gasteiger partial charge in [-0.2, -0.15) is 0 Å². The fourth-order valence-corrected chi connectivity index (χ4v) is 2.73. The molecule has 0 aliphatic rings. The minimum Gasteiger partial charge on any atom is -0.431 e. The number of thioether (sulfide) groups is 1. The van der Waals surface area contributed by atoms with E-state index in [-0.39, 0.29) is 0 Å². The van der Waals surface area contributed by atoms with Gasteiger partial charge in [0.1, 0.15) is 5.52 Å². The van der Waals surface area contributed by atoms with Crippen molar-refractivity contribution in [1.82, 2.24) is 4.98 Å². The summed E-state index contributed by atoms with van der Waals surface area (Å²) in [5, 5.41) is 0.689. The van der Waals surface area contributed by atoms with Crippen molar-refractivity contribution >= 4 is 22.9 Å². The largest absolute Gasteiger partial charge is 0.431 e. The van der Waals surface area contributed by atoms with Crippen molar-refractivity contribution in [2.24, 2.45) is 5.73 Å². The Bertz CT molecular complexity index is 781.